The smallest absolute Gasteiger partial charge is 0.408 e. The molecule has 4 amide bonds. The Hall–Kier alpha value is -4.57. The van der Waals surface area contributed by atoms with Gasteiger partial charge in [-0.3, -0.25) is 39.6 Å². The predicted molar refractivity (Wildman–Crippen MR) is 173 cm³/mol. The third-order valence-corrected chi connectivity index (χ3v) is 8.98. The second-order valence-corrected chi connectivity index (χ2v) is 14.1. The number of hydrogen-bond acceptors (Lipinski definition) is 11. The summed E-state index contributed by atoms with van der Waals surface area (Å²) in [6.45, 7) is 7.73. The van der Waals surface area contributed by atoms with Gasteiger partial charge in [0.15, 0.2) is 0 Å². The van der Waals surface area contributed by atoms with Gasteiger partial charge in [0.05, 0.1) is 36.4 Å². The van der Waals surface area contributed by atoms with Gasteiger partial charge in [0.2, 0.25) is 17.6 Å². The number of rotatable bonds is 12. The van der Waals surface area contributed by atoms with Crippen LogP contribution < -0.4 is 21.4 Å². The molecule has 1 aliphatic carbocycles. The van der Waals surface area contributed by atoms with Gasteiger partial charge < -0.3 is 30.3 Å². The average molecular weight is 685 g/mol. The maximum Gasteiger partial charge on any atom is 0.408 e. The number of ketones is 1. The van der Waals surface area contributed by atoms with Gasteiger partial charge in [0.1, 0.15) is 23.8 Å². The SMILES string of the molecule is CCC[C@H](NC(=O)[C@@H]1C[C@]2(C=C(c3ccc([N+](=O)[O-])cc3)NO2)CN1C(=O)[C@@H](NC(=O)O[C@H]1CCOC1)C(C)(C)C)C(=O)C(=O)NC1CC1. The van der Waals surface area contributed by atoms with Gasteiger partial charge >= 0.3 is 6.09 Å². The molecule has 4 N–H and O–H groups in total. The molecule has 3 fully saturated rings. The Morgan fingerprint density at radius 3 is 2.43 bits per heavy atom. The molecule has 0 bridgehead atoms. The Kier molecular flexibility index (Phi) is 10.6. The topological polar surface area (TPSA) is 208 Å². The van der Waals surface area contributed by atoms with Gasteiger partial charge in [-0.25, -0.2) is 4.79 Å². The molecule has 3 aliphatic heterocycles. The second kappa shape index (κ2) is 14.5. The van der Waals surface area contributed by atoms with E-state index in [2.05, 4.69) is 21.4 Å². The molecule has 16 heteroatoms. The maximum absolute atomic E-state index is 14.4. The fourth-order valence-electron chi connectivity index (χ4n) is 6.12. The molecule has 0 aromatic heterocycles. The number of carbonyl (C=O) groups excluding carboxylic acids is 5. The van der Waals surface area contributed by atoms with Gasteiger partial charge in [-0.1, -0.05) is 34.1 Å². The van der Waals surface area contributed by atoms with Crippen molar-refractivity contribution in [3.8, 4) is 0 Å². The molecular formula is C33H44N6O10. The van der Waals surface area contributed by atoms with Crippen molar-refractivity contribution >= 4 is 41.0 Å². The first kappa shape index (κ1) is 35.7. The largest absolute Gasteiger partial charge is 0.444 e. The number of non-ortho nitro benzene ring substituents is 1. The normalized spacial score (nSPS) is 24.4. The lowest BCUT2D eigenvalue weighted by atomic mass is 9.85. The van der Waals surface area contributed by atoms with Crippen LogP contribution in [0.3, 0.4) is 0 Å². The summed E-state index contributed by atoms with van der Waals surface area (Å²) in [5.74, 6) is -2.76. The highest BCUT2D eigenvalue weighted by Crippen LogP contribution is 2.39. The van der Waals surface area contributed by atoms with Crippen LogP contribution in [0, 0.1) is 15.5 Å². The van der Waals surface area contributed by atoms with Crippen LogP contribution in [0.1, 0.15) is 71.8 Å². The highest BCUT2D eigenvalue weighted by Gasteiger charge is 2.54. The number of nitrogens with zero attached hydrogens (tertiary/aromatic N) is 2. The molecule has 0 unspecified atom stereocenters. The molecule has 1 aromatic carbocycles. The van der Waals surface area contributed by atoms with Gasteiger partial charge in [-0.05, 0) is 42.9 Å². The van der Waals surface area contributed by atoms with E-state index in [1.54, 1.807) is 39.0 Å². The lowest BCUT2D eigenvalue weighted by Gasteiger charge is -2.35. The quantitative estimate of drug-likeness (QED) is 0.142. The molecule has 4 aliphatic rings. The summed E-state index contributed by atoms with van der Waals surface area (Å²) in [5.41, 5.74) is 1.77. The third-order valence-electron chi connectivity index (χ3n) is 8.98. The zero-order chi connectivity index (χ0) is 35.5. The van der Waals surface area contributed by atoms with E-state index in [1.165, 1.54) is 17.0 Å². The fraction of sp³-hybridized carbons (Fsp3) is 0.606. The van der Waals surface area contributed by atoms with Crippen molar-refractivity contribution in [1.29, 1.82) is 0 Å². The minimum atomic E-state index is -1.22. The number of Topliss-reactive ketones (excluding diaryl/α,β-unsaturated/α-hetero) is 1. The minimum absolute atomic E-state index is 0.0317. The van der Waals surface area contributed by atoms with E-state index in [-0.39, 0.29) is 37.7 Å². The molecule has 5 atom stereocenters. The van der Waals surface area contributed by atoms with Crippen molar-refractivity contribution in [3.63, 3.8) is 0 Å². The first-order valence-electron chi connectivity index (χ1n) is 16.6. The van der Waals surface area contributed by atoms with Crippen molar-refractivity contribution in [2.24, 2.45) is 5.41 Å². The second-order valence-electron chi connectivity index (χ2n) is 14.1. The van der Waals surface area contributed by atoms with Crippen LogP contribution in [0.4, 0.5) is 10.5 Å². The van der Waals surface area contributed by atoms with E-state index in [0.717, 1.165) is 12.8 Å². The maximum atomic E-state index is 14.4. The molecule has 49 heavy (non-hydrogen) atoms. The van der Waals surface area contributed by atoms with Crippen LogP contribution in [-0.4, -0.2) is 95.1 Å². The first-order chi connectivity index (χ1) is 23.2. The number of alkyl carbamates (subject to hydrolysis) is 1. The predicted octanol–water partition coefficient (Wildman–Crippen LogP) is 1.87. The van der Waals surface area contributed by atoms with E-state index in [1.807, 2.05) is 6.92 Å². The number of carbonyl (C=O) groups is 5. The number of likely N-dealkylation sites (tertiary alicyclic amines) is 1. The number of nitrogens with one attached hydrogen (secondary N) is 4. The summed E-state index contributed by atoms with van der Waals surface area (Å²) in [4.78, 5) is 85.1. The standard InChI is InChI=1S/C33H44N6O10/c1-5-6-23(26(40)29(42)34-20-9-10-20)35-28(41)25-16-33(15-24(37-49-33)19-7-11-21(12-8-19)39(45)46)18-38(25)30(43)27(32(2,3)4)36-31(44)48-22-13-14-47-17-22/h7-8,11-12,15,20,22-23,25,27,37H,5-6,9-10,13-14,16-18H2,1-4H3,(H,34,42)(H,35,41)(H,36,44)/t22-,23-,25-,27+,33+/m0/s1. The molecule has 16 nitrogen and oxygen atoms in total. The molecule has 266 valence electrons. The Morgan fingerprint density at radius 1 is 1.12 bits per heavy atom. The molecule has 2 saturated heterocycles. The monoisotopic (exact) mass is 684 g/mol. The molecule has 1 saturated carbocycles. The highest BCUT2D eigenvalue weighted by atomic mass is 16.7. The Morgan fingerprint density at radius 2 is 1.84 bits per heavy atom. The van der Waals surface area contributed by atoms with Gasteiger partial charge in [-0.2, -0.15) is 0 Å². The van der Waals surface area contributed by atoms with Crippen LogP contribution >= 0.6 is 0 Å². The number of amides is 4. The summed E-state index contributed by atoms with van der Waals surface area (Å²) in [5, 5.41) is 19.2. The van der Waals surface area contributed by atoms with E-state index in [4.69, 9.17) is 14.3 Å². The van der Waals surface area contributed by atoms with Gasteiger partial charge in [0, 0.05) is 36.6 Å². The number of benzene rings is 1. The Balaban J connectivity index is 1.41. The molecule has 1 spiro atoms. The summed E-state index contributed by atoms with van der Waals surface area (Å²) in [7, 11) is 0. The average Bonchev–Trinajstić information content (AvgIpc) is 3.39. The van der Waals surface area contributed by atoms with E-state index in [0.29, 0.717) is 30.7 Å². The van der Waals surface area contributed by atoms with Crippen LogP contribution in [-0.2, 0) is 33.5 Å². The summed E-state index contributed by atoms with van der Waals surface area (Å²) in [6, 6.07) is 2.36. The first-order valence-corrected chi connectivity index (χ1v) is 16.6. The number of nitro benzene ring substituents is 1. The van der Waals surface area contributed by atoms with Crippen molar-refractivity contribution < 1.29 is 43.2 Å². The molecule has 0 radical (unpaired) electrons. The third kappa shape index (κ3) is 8.54. The van der Waals surface area contributed by atoms with E-state index >= 15 is 0 Å². The van der Waals surface area contributed by atoms with Crippen molar-refractivity contribution in [2.45, 2.75) is 102 Å². The lowest BCUT2D eigenvalue weighted by Crippen LogP contribution is -2.59. The van der Waals surface area contributed by atoms with Crippen molar-refractivity contribution in [2.75, 3.05) is 19.8 Å². The number of hydroxylamine groups is 1. The summed E-state index contributed by atoms with van der Waals surface area (Å²) in [6.07, 6.45) is 3.26. The van der Waals surface area contributed by atoms with E-state index < -0.39 is 69.8 Å². The fourth-order valence-corrected chi connectivity index (χ4v) is 6.12. The number of hydrogen-bond donors (Lipinski definition) is 4. The Bertz CT molecular complexity index is 1500. The molecule has 3 heterocycles. The van der Waals surface area contributed by atoms with Gasteiger partial charge in [-0.15, -0.1) is 0 Å². The molecular weight excluding hydrogens is 640 g/mol. The van der Waals surface area contributed by atoms with Gasteiger partial charge in [0.25, 0.3) is 11.6 Å². The number of nitro groups is 1. The summed E-state index contributed by atoms with van der Waals surface area (Å²) >= 11 is 0. The minimum Gasteiger partial charge on any atom is -0.444 e. The molecule has 1 aromatic rings. The summed E-state index contributed by atoms with van der Waals surface area (Å²) < 4.78 is 10.8. The van der Waals surface area contributed by atoms with Crippen LogP contribution in [0.2, 0.25) is 0 Å². The molecule has 5 rings (SSSR count). The van der Waals surface area contributed by atoms with Crippen LogP contribution in [0.5, 0.6) is 0 Å². The van der Waals surface area contributed by atoms with Crippen LogP contribution in [0.15, 0.2) is 30.3 Å². The lowest BCUT2D eigenvalue weighted by molar-refractivity contribution is -0.384. The Labute approximate surface area is 283 Å². The van der Waals surface area contributed by atoms with Crippen molar-refractivity contribution in [3.05, 3.63) is 46.0 Å². The number of ether oxygens (including phenoxy) is 2. The highest BCUT2D eigenvalue weighted by molar-refractivity contribution is 6.38. The van der Waals surface area contributed by atoms with Crippen LogP contribution in [0.25, 0.3) is 5.70 Å². The zero-order valence-corrected chi connectivity index (χ0v) is 28.1. The van der Waals surface area contributed by atoms with Crippen molar-refractivity contribution in [1.82, 2.24) is 26.3 Å². The van der Waals surface area contributed by atoms with E-state index in [9.17, 15) is 34.1 Å². The zero-order valence-electron chi connectivity index (χ0n) is 28.1.